The first-order valence-electron chi connectivity index (χ1n) is 7.05. The average molecular weight is 304 g/mol. The molecule has 0 spiro atoms. The average Bonchev–Trinajstić information content (AvgIpc) is 2.94. The topological polar surface area (TPSA) is 54.6 Å². The summed E-state index contributed by atoms with van der Waals surface area (Å²) in [5, 5.41) is 0.986. The van der Waals surface area contributed by atoms with E-state index in [-0.39, 0.29) is 12.4 Å². The van der Waals surface area contributed by atoms with Gasteiger partial charge in [0.15, 0.2) is 11.5 Å². The van der Waals surface area contributed by atoms with E-state index in [4.69, 9.17) is 9.47 Å². The fourth-order valence-corrected chi connectivity index (χ4v) is 3.74. The summed E-state index contributed by atoms with van der Waals surface area (Å²) in [6, 6.07) is 5.74. The summed E-state index contributed by atoms with van der Waals surface area (Å²) < 4.78 is 10.7. The molecule has 1 aromatic heterocycles. The molecule has 2 aliphatic rings. The van der Waals surface area contributed by atoms with Crippen LogP contribution in [0, 0.1) is 0 Å². The molecule has 1 aromatic carbocycles. The monoisotopic (exact) mass is 304 g/mol. The number of pyridine rings is 1. The second-order valence-corrected chi connectivity index (χ2v) is 6.53. The molecule has 2 aromatic rings. The van der Waals surface area contributed by atoms with Gasteiger partial charge in [-0.1, -0.05) is 0 Å². The van der Waals surface area contributed by atoms with Gasteiger partial charge in [-0.15, -0.1) is 0 Å². The van der Waals surface area contributed by atoms with Gasteiger partial charge in [-0.25, -0.2) is 0 Å². The minimum Gasteiger partial charge on any atom is -0.454 e. The molecule has 2 aliphatic heterocycles. The Labute approximate surface area is 126 Å². The summed E-state index contributed by atoms with van der Waals surface area (Å²) in [5.41, 5.74) is 1.59. The highest BCUT2D eigenvalue weighted by Crippen LogP contribution is 2.35. The van der Waals surface area contributed by atoms with Crippen LogP contribution in [-0.2, 0) is 6.54 Å². The summed E-state index contributed by atoms with van der Waals surface area (Å²) in [6.45, 7) is 3.04. The lowest BCUT2D eigenvalue weighted by atomic mass is 10.1. The number of hydrogen-bond acceptors (Lipinski definition) is 5. The van der Waals surface area contributed by atoms with E-state index in [2.05, 4.69) is 9.88 Å². The summed E-state index contributed by atoms with van der Waals surface area (Å²) in [5.74, 6) is 3.72. The molecule has 0 aliphatic carbocycles. The maximum atomic E-state index is 12.2. The van der Waals surface area contributed by atoms with Crippen molar-refractivity contribution < 1.29 is 9.47 Å². The van der Waals surface area contributed by atoms with Crippen LogP contribution in [0.4, 0.5) is 0 Å². The second kappa shape index (κ2) is 5.27. The molecule has 0 radical (unpaired) electrons. The lowest BCUT2D eigenvalue weighted by molar-refractivity contribution is 0.174. The van der Waals surface area contributed by atoms with Crippen LogP contribution in [0.3, 0.4) is 0 Å². The molecule has 0 saturated carbocycles. The van der Waals surface area contributed by atoms with Crippen molar-refractivity contribution in [1.82, 2.24) is 9.88 Å². The van der Waals surface area contributed by atoms with Crippen LogP contribution in [0.2, 0.25) is 0 Å². The van der Waals surface area contributed by atoms with E-state index in [0.717, 1.165) is 46.8 Å². The summed E-state index contributed by atoms with van der Waals surface area (Å²) >= 11 is 1.97. The Kier molecular flexibility index (Phi) is 3.27. The highest BCUT2D eigenvalue weighted by molar-refractivity contribution is 7.99. The van der Waals surface area contributed by atoms with E-state index in [1.807, 2.05) is 30.0 Å². The predicted molar refractivity (Wildman–Crippen MR) is 83.3 cm³/mol. The first-order chi connectivity index (χ1) is 10.3. The van der Waals surface area contributed by atoms with Crippen molar-refractivity contribution in [2.24, 2.45) is 0 Å². The lowest BCUT2D eigenvalue weighted by Gasteiger charge is -2.25. The zero-order chi connectivity index (χ0) is 14.2. The van der Waals surface area contributed by atoms with Crippen molar-refractivity contribution in [3.63, 3.8) is 0 Å². The Morgan fingerprint density at radius 2 is 1.90 bits per heavy atom. The molecule has 0 unspecified atom stereocenters. The molecule has 1 N–H and O–H groups in total. The summed E-state index contributed by atoms with van der Waals surface area (Å²) in [6.07, 6.45) is 0. The maximum absolute atomic E-state index is 12.2. The first kappa shape index (κ1) is 13.0. The third-order valence-electron chi connectivity index (χ3n) is 3.91. The Bertz CT molecular complexity index is 738. The van der Waals surface area contributed by atoms with Crippen molar-refractivity contribution in [3.8, 4) is 11.5 Å². The second-order valence-electron chi connectivity index (χ2n) is 5.30. The van der Waals surface area contributed by atoms with Crippen LogP contribution in [-0.4, -0.2) is 41.3 Å². The smallest absolute Gasteiger partial charge is 0.252 e. The highest BCUT2D eigenvalue weighted by atomic mass is 32.2. The van der Waals surface area contributed by atoms with Crippen LogP contribution in [0.15, 0.2) is 23.0 Å². The van der Waals surface area contributed by atoms with Crippen LogP contribution in [0.1, 0.15) is 5.56 Å². The van der Waals surface area contributed by atoms with Gasteiger partial charge >= 0.3 is 0 Å². The van der Waals surface area contributed by atoms with Gasteiger partial charge in [0.2, 0.25) is 6.79 Å². The van der Waals surface area contributed by atoms with Crippen molar-refractivity contribution in [1.29, 1.82) is 0 Å². The molecule has 5 nitrogen and oxygen atoms in total. The zero-order valence-corrected chi connectivity index (χ0v) is 12.4. The number of ether oxygens (including phenoxy) is 2. The molecule has 21 heavy (non-hydrogen) atoms. The quantitative estimate of drug-likeness (QED) is 0.917. The Hall–Kier alpha value is -1.66. The third-order valence-corrected chi connectivity index (χ3v) is 4.85. The summed E-state index contributed by atoms with van der Waals surface area (Å²) in [7, 11) is 0. The number of H-pyrrole nitrogens is 1. The molecule has 4 rings (SSSR count). The van der Waals surface area contributed by atoms with Gasteiger partial charge in [-0.05, 0) is 12.1 Å². The van der Waals surface area contributed by atoms with E-state index in [1.165, 1.54) is 0 Å². The van der Waals surface area contributed by atoms with Gasteiger partial charge in [0.1, 0.15) is 0 Å². The molecule has 6 heteroatoms. The van der Waals surface area contributed by atoms with Crippen LogP contribution in [0.5, 0.6) is 11.5 Å². The number of rotatable bonds is 2. The fraction of sp³-hybridized carbons (Fsp3) is 0.400. The zero-order valence-electron chi connectivity index (χ0n) is 11.6. The van der Waals surface area contributed by atoms with Crippen LogP contribution < -0.4 is 15.0 Å². The molecular weight excluding hydrogens is 288 g/mol. The number of thioether (sulfide) groups is 1. The van der Waals surface area contributed by atoms with Crippen molar-refractivity contribution >= 4 is 22.7 Å². The van der Waals surface area contributed by atoms with E-state index < -0.39 is 0 Å². The number of benzene rings is 1. The minimum absolute atomic E-state index is 0.0143. The van der Waals surface area contributed by atoms with E-state index >= 15 is 0 Å². The number of aromatic nitrogens is 1. The molecule has 3 heterocycles. The lowest BCUT2D eigenvalue weighted by Crippen LogP contribution is -2.33. The summed E-state index contributed by atoms with van der Waals surface area (Å²) in [4.78, 5) is 17.5. The highest BCUT2D eigenvalue weighted by Gasteiger charge is 2.17. The van der Waals surface area contributed by atoms with Gasteiger partial charge in [-0.3, -0.25) is 9.69 Å². The molecule has 0 atom stereocenters. The molecule has 1 fully saturated rings. The van der Waals surface area contributed by atoms with Crippen molar-refractivity contribution in [2.75, 3.05) is 31.4 Å². The van der Waals surface area contributed by atoms with Crippen LogP contribution >= 0.6 is 11.8 Å². The number of aromatic amines is 1. The van der Waals surface area contributed by atoms with Gasteiger partial charge in [-0.2, -0.15) is 11.8 Å². The molecule has 1 saturated heterocycles. The molecule has 0 bridgehead atoms. The Morgan fingerprint density at radius 1 is 1.14 bits per heavy atom. The maximum Gasteiger partial charge on any atom is 0.252 e. The van der Waals surface area contributed by atoms with Gasteiger partial charge in [0.25, 0.3) is 5.56 Å². The molecular formula is C15H16N2O3S. The fourth-order valence-electron chi connectivity index (χ4n) is 2.76. The molecule has 110 valence electrons. The van der Waals surface area contributed by atoms with Gasteiger partial charge in [0, 0.05) is 48.2 Å². The SMILES string of the molecule is O=c1[nH]c2cc3c(cc2cc1CN1CCSCC1)OCO3. The predicted octanol–water partition coefficient (Wildman–Crippen LogP) is 1.81. The van der Waals surface area contributed by atoms with E-state index in [9.17, 15) is 4.79 Å². The van der Waals surface area contributed by atoms with Crippen molar-refractivity contribution in [2.45, 2.75) is 6.54 Å². The van der Waals surface area contributed by atoms with E-state index in [0.29, 0.717) is 12.3 Å². The van der Waals surface area contributed by atoms with Gasteiger partial charge < -0.3 is 14.5 Å². The first-order valence-corrected chi connectivity index (χ1v) is 8.21. The Balaban J connectivity index is 1.70. The van der Waals surface area contributed by atoms with Crippen LogP contribution in [0.25, 0.3) is 10.9 Å². The third kappa shape index (κ3) is 2.49. The standard InChI is InChI=1S/C15H16N2O3S/c18-15-11(8-17-1-3-21-4-2-17)5-10-6-13-14(20-9-19-13)7-12(10)16-15/h5-7H,1-4,8-9H2,(H,16,18). The number of hydrogen-bond donors (Lipinski definition) is 1. The number of fused-ring (bicyclic) bond motifs is 2. The minimum atomic E-state index is -0.0143. The number of nitrogens with one attached hydrogen (secondary N) is 1. The normalized spacial score (nSPS) is 18.3. The van der Waals surface area contributed by atoms with E-state index in [1.54, 1.807) is 0 Å². The number of nitrogens with zero attached hydrogens (tertiary/aromatic N) is 1. The van der Waals surface area contributed by atoms with Gasteiger partial charge in [0.05, 0.1) is 5.52 Å². The Morgan fingerprint density at radius 3 is 2.71 bits per heavy atom. The van der Waals surface area contributed by atoms with Crippen molar-refractivity contribution in [3.05, 3.63) is 34.1 Å². The largest absolute Gasteiger partial charge is 0.454 e. The molecule has 0 amide bonds.